The highest BCUT2D eigenvalue weighted by Gasteiger charge is 2.31. The van der Waals surface area contributed by atoms with Gasteiger partial charge in [-0.2, -0.15) is 0 Å². The Bertz CT molecular complexity index is 1250. The first-order valence-electron chi connectivity index (χ1n) is 11.6. The van der Waals surface area contributed by atoms with E-state index in [0.717, 1.165) is 24.2 Å². The lowest BCUT2D eigenvalue weighted by Crippen LogP contribution is -2.40. The van der Waals surface area contributed by atoms with E-state index in [9.17, 15) is 14.0 Å². The van der Waals surface area contributed by atoms with E-state index in [1.54, 1.807) is 19.2 Å². The van der Waals surface area contributed by atoms with Crippen LogP contribution in [-0.4, -0.2) is 56.5 Å². The number of rotatable bonds is 4. The number of nitrogens with zero attached hydrogens (tertiary/aromatic N) is 2. The molecule has 5 rings (SSSR count). The molecule has 3 heterocycles. The number of fused-ring (bicyclic) bond motifs is 2. The molecular formula is C26H28FN3O4. The van der Waals surface area contributed by atoms with Gasteiger partial charge in [-0.05, 0) is 43.7 Å². The second-order valence-electron chi connectivity index (χ2n) is 9.02. The van der Waals surface area contributed by atoms with Crippen molar-refractivity contribution in [3.05, 3.63) is 53.3 Å². The highest BCUT2D eigenvalue weighted by Crippen LogP contribution is 2.41. The van der Waals surface area contributed by atoms with Crippen LogP contribution in [0.2, 0.25) is 0 Å². The van der Waals surface area contributed by atoms with E-state index < -0.39 is 0 Å². The van der Waals surface area contributed by atoms with Gasteiger partial charge in [-0.25, -0.2) is 4.39 Å². The van der Waals surface area contributed by atoms with Crippen LogP contribution < -0.4 is 10.2 Å². The van der Waals surface area contributed by atoms with E-state index in [4.69, 9.17) is 9.15 Å². The molecule has 0 saturated carbocycles. The van der Waals surface area contributed by atoms with Crippen LogP contribution in [0.15, 0.2) is 40.8 Å². The third kappa shape index (κ3) is 3.92. The number of hydrogen-bond acceptors (Lipinski definition) is 5. The van der Waals surface area contributed by atoms with Gasteiger partial charge in [0.15, 0.2) is 0 Å². The maximum absolute atomic E-state index is 13.5. The lowest BCUT2D eigenvalue weighted by atomic mass is 10.00. The van der Waals surface area contributed by atoms with Crippen molar-refractivity contribution >= 4 is 28.5 Å². The number of halogens is 1. The Labute approximate surface area is 197 Å². The van der Waals surface area contributed by atoms with Gasteiger partial charge in [0, 0.05) is 68.4 Å². The normalized spacial score (nSPS) is 20.5. The van der Waals surface area contributed by atoms with Gasteiger partial charge in [-0.1, -0.05) is 0 Å². The number of amides is 2. The molecule has 0 bridgehead atoms. The molecule has 0 aliphatic carbocycles. The minimum absolute atomic E-state index is 0.131. The number of likely N-dealkylation sites (N-methyl/N-ethyl adjacent to an activating group) is 1. The van der Waals surface area contributed by atoms with Gasteiger partial charge >= 0.3 is 0 Å². The van der Waals surface area contributed by atoms with Crippen LogP contribution in [0, 0.1) is 5.82 Å². The molecule has 1 aromatic heterocycles. The zero-order valence-corrected chi connectivity index (χ0v) is 19.6. The predicted octanol–water partition coefficient (Wildman–Crippen LogP) is 4.12. The van der Waals surface area contributed by atoms with Crippen LogP contribution in [0.25, 0.3) is 22.3 Å². The van der Waals surface area contributed by atoms with E-state index in [1.807, 2.05) is 31.0 Å². The van der Waals surface area contributed by atoms with Gasteiger partial charge in [-0.3, -0.25) is 9.59 Å². The molecule has 1 saturated heterocycles. The summed E-state index contributed by atoms with van der Waals surface area (Å²) in [6.45, 7) is 3.96. The molecule has 34 heavy (non-hydrogen) atoms. The molecule has 7 nitrogen and oxygen atoms in total. The fourth-order valence-corrected chi connectivity index (χ4v) is 5.01. The smallest absolute Gasteiger partial charge is 0.255 e. The number of carbonyl (C=O) groups is 2. The average Bonchev–Trinajstić information content (AvgIpc) is 3.37. The second kappa shape index (κ2) is 8.76. The fraction of sp³-hybridized carbons (Fsp3) is 0.385. The van der Waals surface area contributed by atoms with Crippen molar-refractivity contribution in [2.75, 3.05) is 38.6 Å². The van der Waals surface area contributed by atoms with Crippen LogP contribution in [-0.2, 0) is 9.53 Å². The molecule has 3 aromatic rings. The molecule has 0 spiro atoms. The lowest BCUT2D eigenvalue weighted by Gasteiger charge is -2.26. The highest BCUT2D eigenvalue weighted by molar-refractivity contribution is 6.11. The summed E-state index contributed by atoms with van der Waals surface area (Å²) < 4.78 is 26.1. The summed E-state index contributed by atoms with van der Waals surface area (Å²) in [7, 11) is 3.57. The van der Waals surface area contributed by atoms with Gasteiger partial charge in [0.2, 0.25) is 5.91 Å². The molecule has 0 radical (unpaired) electrons. The van der Waals surface area contributed by atoms with Crippen molar-refractivity contribution in [1.82, 2.24) is 10.2 Å². The number of anilines is 1. The molecule has 2 aliphatic rings. The number of benzene rings is 2. The highest BCUT2D eigenvalue weighted by atomic mass is 19.1. The first kappa shape index (κ1) is 22.4. The fourth-order valence-electron chi connectivity index (χ4n) is 5.01. The molecule has 1 N–H and O–H groups in total. The first-order valence-corrected chi connectivity index (χ1v) is 11.6. The molecule has 2 amide bonds. The first-order chi connectivity index (χ1) is 16.4. The summed E-state index contributed by atoms with van der Waals surface area (Å²) in [5, 5.41) is 3.37. The van der Waals surface area contributed by atoms with Crippen molar-refractivity contribution in [3.63, 3.8) is 0 Å². The van der Waals surface area contributed by atoms with Gasteiger partial charge in [0.1, 0.15) is 17.2 Å². The molecule has 1 fully saturated rings. The molecule has 2 aromatic carbocycles. The van der Waals surface area contributed by atoms with Crippen molar-refractivity contribution < 1.29 is 23.1 Å². The van der Waals surface area contributed by atoms with Gasteiger partial charge in [0.05, 0.1) is 17.8 Å². The summed E-state index contributed by atoms with van der Waals surface area (Å²) in [6, 6.07) is 9.79. The molecular weight excluding hydrogens is 437 g/mol. The van der Waals surface area contributed by atoms with Crippen LogP contribution >= 0.6 is 0 Å². The van der Waals surface area contributed by atoms with Gasteiger partial charge in [0.25, 0.3) is 5.91 Å². The van der Waals surface area contributed by atoms with Crippen LogP contribution in [0.4, 0.5) is 10.1 Å². The third-order valence-corrected chi connectivity index (χ3v) is 6.72. The number of hydrogen-bond donors (Lipinski definition) is 1. The average molecular weight is 466 g/mol. The van der Waals surface area contributed by atoms with Crippen molar-refractivity contribution in [3.8, 4) is 11.3 Å². The van der Waals surface area contributed by atoms with Crippen LogP contribution in [0.5, 0.6) is 0 Å². The Morgan fingerprint density at radius 2 is 2.00 bits per heavy atom. The van der Waals surface area contributed by atoms with Gasteiger partial charge < -0.3 is 24.3 Å². The number of carbonyl (C=O) groups excluding carboxylic acids is 2. The molecule has 0 unspecified atom stereocenters. The quantitative estimate of drug-likeness (QED) is 0.628. The van der Waals surface area contributed by atoms with Crippen LogP contribution in [0.1, 0.15) is 41.8 Å². The van der Waals surface area contributed by atoms with E-state index in [2.05, 4.69) is 10.2 Å². The topological polar surface area (TPSA) is 75.0 Å². The van der Waals surface area contributed by atoms with Crippen molar-refractivity contribution in [2.45, 2.75) is 32.0 Å². The number of likely N-dealkylation sites (tertiary alicyclic amines) is 1. The summed E-state index contributed by atoms with van der Waals surface area (Å²) in [4.78, 5) is 29.0. The second-order valence-corrected chi connectivity index (χ2v) is 9.02. The summed E-state index contributed by atoms with van der Waals surface area (Å²) in [5.41, 5.74) is 3.51. The zero-order valence-electron chi connectivity index (χ0n) is 19.6. The van der Waals surface area contributed by atoms with E-state index in [0.29, 0.717) is 47.4 Å². The molecule has 8 heteroatoms. The monoisotopic (exact) mass is 465 g/mol. The molecule has 178 valence electrons. The molecule has 2 atom stereocenters. The third-order valence-electron chi connectivity index (χ3n) is 6.72. The van der Waals surface area contributed by atoms with Crippen molar-refractivity contribution in [2.24, 2.45) is 0 Å². The van der Waals surface area contributed by atoms with E-state index in [-0.39, 0.29) is 29.8 Å². The SMILES string of the molecule is CNC(=O)c1c(-c2ccc(F)cc2)oc2cc3c(cc12)[C@H](C)O[C@H](CN1CCCC1=O)CN3C. The summed E-state index contributed by atoms with van der Waals surface area (Å²) in [5.74, 6) is -0.0530. The Hall–Kier alpha value is -3.39. The Morgan fingerprint density at radius 3 is 2.68 bits per heavy atom. The largest absolute Gasteiger partial charge is 0.455 e. The number of furan rings is 1. The molecule has 2 aliphatic heterocycles. The standard InChI is InChI=1S/C26H28FN3O4/c1-15-19-11-20-22(34-25(24(20)26(32)28-2)16-6-8-17(27)9-7-16)12-21(19)29(3)13-18(33-15)14-30-10-4-5-23(30)31/h6-9,11-12,15,18H,4-5,10,13-14H2,1-3H3,(H,28,32)/t15-,18-/m0/s1. The maximum Gasteiger partial charge on any atom is 0.255 e. The van der Waals surface area contributed by atoms with Gasteiger partial charge in [-0.15, -0.1) is 0 Å². The van der Waals surface area contributed by atoms with E-state index >= 15 is 0 Å². The maximum atomic E-state index is 13.5. The Kier molecular flexibility index (Phi) is 5.77. The Balaban J connectivity index is 1.56. The van der Waals surface area contributed by atoms with Crippen LogP contribution in [0.3, 0.4) is 0 Å². The lowest BCUT2D eigenvalue weighted by molar-refractivity contribution is -0.130. The number of ether oxygens (including phenoxy) is 1. The minimum atomic E-state index is -0.356. The van der Waals surface area contributed by atoms with Crippen molar-refractivity contribution in [1.29, 1.82) is 0 Å². The zero-order chi connectivity index (χ0) is 24.0. The number of nitrogens with one attached hydrogen (secondary N) is 1. The van der Waals surface area contributed by atoms with E-state index in [1.165, 1.54) is 12.1 Å². The summed E-state index contributed by atoms with van der Waals surface area (Å²) in [6.07, 6.45) is 1.13. The predicted molar refractivity (Wildman–Crippen MR) is 127 cm³/mol. The Morgan fingerprint density at radius 1 is 1.24 bits per heavy atom. The summed E-state index contributed by atoms with van der Waals surface area (Å²) >= 11 is 0. The minimum Gasteiger partial charge on any atom is -0.455 e.